The standard InChI is InChI=1S/C12H13F3N4O2S/c1-7-6-22-10(16-7)11(21,12(13,14)15)5-9(20)17-8-3-4-19(2)18-8/h3-4,6,21H,5H2,1-2H3,(H,17,18,20)/t11-/m1/s1. The summed E-state index contributed by atoms with van der Waals surface area (Å²) in [6, 6.07) is 1.43. The van der Waals surface area contributed by atoms with E-state index in [1.165, 1.54) is 29.2 Å². The van der Waals surface area contributed by atoms with E-state index in [4.69, 9.17) is 0 Å². The minimum Gasteiger partial charge on any atom is -0.374 e. The number of aryl methyl sites for hydroxylation is 2. The van der Waals surface area contributed by atoms with Crippen molar-refractivity contribution in [3.8, 4) is 0 Å². The molecular weight excluding hydrogens is 321 g/mol. The summed E-state index contributed by atoms with van der Waals surface area (Å²) in [5, 5.41) is 16.9. The lowest BCUT2D eigenvalue weighted by atomic mass is 9.99. The SMILES string of the molecule is Cc1csc([C@](O)(CC(=O)Nc2ccn(C)n2)C(F)(F)F)n1. The van der Waals surface area contributed by atoms with Gasteiger partial charge in [-0.3, -0.25) is 9.48 Å². The minimum atomic E-state index is -5.03. The van der Waals surface area contributed by atoms with Crippen LogP contribution < -0.4 is 5.32 Å². The Hall–Kier alpha value is -1.94. The van der Waals surface area contributed by atoms with Crippen molar-refractivity contribution in [3.05, 3.63) is 28.3 Å². The summed E-state index contributed by atoms with van der Waals surface area (Å²) in [5.41, 5.74) is -2.99. The Bertz CT molecular complexity index is 682. The smallest absolute Gasteiger partial charge is 0.374 e. The van der Waals surface area contributed by atoms with Gasteiger partial charge in [0.25, 0.3) is 0 Å². The molecule has 2 N–H and O–H groups in total. The second-order valence-electron chi connectivity index (χ2n) is 4.75. The van der Waals surface area contributed by atoms with Gasteiger partial charge in [0.15, 0.2) is 5.82 Å². The van der Waals surface area contributed by atoms with Gasteiger partial charge in [0.05, 0.1) is 6.42 Å². The monoisotopic (exact) mass is 334 g/mol. The molecule has 0 fully saturated rings. The number of halogens is 3. The van der Waals surface area contributed by atoms with Crippen molar-refractivity contribution in [3.63, 3.8) is 0 Å². The second-order valence-corrected chi connectivity index (χ2v) is 5.61. The van der Waals surface area contributed by atoms with E-state index in [1.54, 1.807) is 7.05 Å². The van der Waals surface area contributed by atoms with Crippen LogP contribution >= 0.6 is 11.3 Å². The van der Waals surface area contributed by atoms with Gasteiger partial charge in [0, 0.05) is 30.4 Å². The van der Waals surface area contributed by atoms with Gasteiger partial charge in [-0.2, -0.15) is 18.3 Å². The Labute approximate surface area is 127 Å². The highest BCUT2D eigenvalue weighted by Gasteiger charge is 2.58. The summed E-state index contributed by atoms with van der Waals surface area (Å²) < 4.78 is 41.0. The molecule has 0 aliphatic carbocycles. The van der Waals surface area contributed by atoms with Gasteiger partial charge in [0.1, 0.15) is 5.01 Å². The molecule has 2 aromatic heterocycles. The third-order valence-electron chi connectivity index (χ3n) is 2.84. The lowest BCUT2D eigenvalue weighted by molar-refractivity contribution is -0.266. The fourth-order valence-electron chi connectivity index (χ4n) is 1.74. The zero-order chi connectivity index (χ0) is 16.5. The average Bonchev–Trinajstić information content (AvgIpc) is 2.97. The molecule has 0 aromatic carbocycles. The van der Waals surface area contributed by atoms with Gasteiger partial charge < -0.3 is 10.4 Å². The first-order valence-electron chi connectivity index (χ1n) is 6.13. The number of alkyl halides is 3. The lowest BCUT2D eigenvalue weighted by Crippen LogP contribution is -2.45. The maximum absolute atomic E-state index is 13.2. The number of carbonyl (C=O) groups is 1. The maximum Gasteiger partial charge on any atom is 0.424 e. The summed E-state index contributed by atoms with van der Waals surface area (Å²) in [6.45, 7) is 1.50. The first kappa shape index (κ1) is 16.4. The van der Waals surface area contributed by atoms with Crippen LogP contribution in [0.1, 0.15) is 17.1 Å². The number of nitrogens with one attached hydrogen (secondary N) is 1. The highest BCUT2D eigenvalue weighted by atomic mass is 32.1. The van der Waals surface area contributed by atoms with E-state index in [-0.39, 0.29) is 5.82 Å². The van der Waals surface area contributed by atoms with Crippen molar-refractivity contribution in [2.24, 2.45) is 7.05 Å². The number of hydrogen-bond donors (Lipinski definition) is 2. The molecule has 1 amide bonds. The van der Waals surface area contributed by atoms with Crippen molar-refractivity contribution >= 4 is 23.1 Å². The molecule has 2 heterocycles. The molecule has 0 saturated carbocycles. The predicted molar refractivity (Wildman–Crippen MR) is 73.3 cm³/mol. The summed E-state index contributed by atoms with van der Waals surface area (Å²) >= 11 is 0.655. The highest BCUT2D eigenvalue weighted by Crippen LogP contribution is 2.42. The number of thiazole rings is 1. The van der Waals surface area contributed by atoms with Crippen LogP contribution in [0.4, 0.5) is 19.0 Å². The van der Waals surface area contributed by atoms with Gasteiger partial charge in [-0.25, -0.2) is 4.98 Å². The second kappa shape index (κ2) is 5.69. The van der Waals surface area contributed by atoms with Crippen LogP contribution in [0, 0.1) is 6.92 Å². The summed E-state index contributed by atoms with van der Waals surface area (Å²) in [6.07, 6.45) is -4.70. The Morgan fingerprint density at radius 2 is 2.18 bits per heavy atom. The van der Waals surface area contributed by atoms with Crippen LogP contribution in [-0.4, -0.2) is 32.0 Å². The maximum atomic E-state index is 13.2. The minimum absolute atomic E-state index is 0.104. The Morgan fingerprint density at radius 3 is 2.64 bits per heavy atom. The molecule has 2 rings (SSSR count). The number of rotatable bonds is 4. The first-order valence-corrected chi connectivity index (χ1v) is 7.01. The topological polar surface area (TPSA) is 80.0 Å². The van der Waals surface area contributed by atoms with E-state index in [2.05, 4.69) is 15.4 Å². The molecule has 0 radical (unpaired) electrons. The van der Waals surface area contributed by atoms with E-state index < -0.39 is 29.1 Å². The molecule has 22 heavy (non-hydrogen) atoms. The summed E-state index contributed by atoms with van der Waals surface area (Å²) in [4.78, 5) is 15.5. The van der Waals surface area contributed by atoms with Crippen molar-refractivity contribution < 1.29 is 23.1 Å². The first-order chi connectivity index (χ1) is 10.1. The average molecular weight is 334 g/mol. The zero-order valence-corrected chi connectivity index (χ0v) is 12.5. The number of aromatic nitrogens is 3. The molecule has 0 aliphatic rings. The number of nitrogens with zero attached hydrogens (tertiary/aromatic N) is 3. The largest absolute Gasteiger partial charge is 0.424 e. The van der Waals surface area contributed by atoms with E-state index in [0.717, 1.165) is 0 Å². The van der Waals surface area contributed by atoms with E-state index in [9.17, 15) is 23.1 Å². The molecule has 1 atom stereocenters. The highest BCUT2D eigenvalue weighted by molar-refractivity contribution is 7.09. The van der Waals surface area contributed by atoms with Crippen molar-refractivity contribution in [1.29, 1.82) is 0 Å². The molecule has 0 unspecified atom stereocenters. The van der Waals surface area contributed by atoms with Crippen LogP contribution in [-0.2, 0) is 17.4 Å². The molecule has 0 aliphatic heterocycles. The third-order valence-corrected chi connectivity index (χ3v) is 3.95. The molecule has 0 spiro atoms. The molecule has 6 nitrogen and oxygen atoms in total. The van der Waals surface area contributed by atoms with Crippen LogP contribution in [0.3, 0.4) is 0 Å². The number of anilines is 1. The lowest BCUT2D eigenvalue weighted by Gasteiger charge is -2.27. The quantitative estimate of drug-likeness (QED) is 0.896. The van der Waals surface area contributed by atoms with Gasteiger partial charge in [0.2, 0.25) is 11.5 Å². The van der Waals surface area contributed by atoms with Crippen molar-refractivity contribution in [1.82, 2.24) is 14.8 Å². The summed E-state index contributed by atoms with van der Waals surface area (Å²) in [5.74, 6) is -0.904. The fraction of sp³-hybridized carbons (Fsp3) is 0.417. The fourth-order valence-corrected chi connectivity index (χ4v) is 2.66. The number of carbonyl (C=O) groups excluding carboxylic acids is 1. The Balaban J connectivity index is 2.22. The number of hydrogen-bond acceptors (Lipinski definition) is 5. The number of amides is 1. The summed E-state index contributed by atoms with van der Waals surface area (Å²) in [7, 11) is 1.60. The van der Waals surface area contributed by atoms with Gasteiger partial charge in [-0.1, -0.05) is 0 Å². The molecule has 10 heteroatoms. The van der Waals surface area contributed by atoms with E-state index >= 15 is 0 Å². The van der Waals surface area contributed by atoms with Crippen LogP contribution in [0.15, 0.2) is 17.6 Å². The molecular formula is C12H13F3N4O2S. The molecule has 2 aromatic rings. The van der Waals surface area contributed by atoms with Crippen LogP contribution in [0.2, 0.25) is 0 Å². The molecule has 0 bridgehead atoms. The Morgan fingerprint density at radius 1 is 1.50 bits per heavy atom. The molecule has 0 saturated heterocycles. The van der Waals surface area contributed by atoms with Gasteiger partial charge >= 0.3 is 6.18 Å². The van der Waals surface area contributed by atoms with Gasteiger partial charge in [-0.05, 0) is 6.92 Å². The van der Waals surface area contributed by atoms with Gasteiger partial charge in [-0.15, -0.1) is 11.3 Å². The van der Waals surface area contributed by atoms with E-state index in [1.807, 2.05) is 0 Å². The zero-order valence-electron chi connectivity index (χ0n) is 11.7. The van der Waals surface area contributed by atoms with Crippen molar-refractivity contribution in [2.75, 3.05) is 5.32 Å². The van der Waals surface area contributed by atoms with Crippen LogP contribution in [0.25, 0.3) is 0 Å². The van der Waals surface area contributed by atoms with Crippen LogP contribution in [0.5, 0.6) is 0 Å². The van der Waals surface area contributed by atoms with Crippen molar-refractivity contribution in [2.45, 2.75) is 25.1 Å². The Kier molecular flexibility index (Phi) is 4.25. The normalized spacial score (nSPS) is 14.6. The predicted octanol–water partition coefficient (Wildman–Crippen LogP) is 1.96. The molecule has 120 valence electrons. The number of aliphatic hydroxyl groups is 1. The third kappa shape index (κ3) is 3.28. The van der Waals surface area contributed by atoms with E-state index in [0.29, 0.717) is 17.0 Å².